The number of fused-ring (bicyclic) bond motifs is 1. The van der Waals surface area contributed by atoms with Crippen molar-refractivity contribution in [2.24, 2.45) is 22.0 Å². The van der Waals surface area contributed by atoms with Crippen LogP contribution in [0, 0.1) is 46.3 Å². The molecule has 2 aliphatic heterocycles. The SMILES string of the molecule is CC(=O)N([C@H](C(=O)[C@]1(C(N)=O)C[C@H](O)CN1[C@@H](C)c1ccc(-c2scnc2C)cc1)C(C)(C)C)n1ccc(C#Cc2ccc3c(c2)CN(C2C(C)(C)C(Oc4ccc(C#N)c(Cl)c4)C2(C)C)C3=O)n1. The Kier molecular flexibility index (Phi) is 12.7. The van der Waals surface area contributed by atoms with E-state index in [1.165, 1.54) is 16.7 Å². The lowest BCUT2D eigenvalue weighted by Crippen LogP contribution is -2.74. The van der Waals surface area contributed by atoms with E-state index >= 15 is 4.79 Å². The summed E-state index contributed by atoms with van der Waals surface area (Å²) in [6, 6.07) is 20.1. The zero-order valence-electron chi connectivity index (χ0n) is 40.5. The number of ketones is 1. The third-order valence-electron chi connectivity index (χ3n) is 14.2. The van der Waals surface area contributed by atoms with E-state index in [1.807, 2.05) is 49.1 Å². The number of rotatable bonds is 11. The maximum absolute atomic E-state index is 15.4. The number of aromatic nitrogens is 3. The molecule has 0 spiro atoms. The van der Waals surface area contributed by atoms with Crippen molar-refractivity contribution in [3.05, 3.63) is 123 Å². The number of halogens is 1. The minimum atomic E-state index is -1.97. The minimum Gasteiger partial charge on any atom is -0.489 e. The number of β-amino-alcohol motifs (C(OH)–C–C–N with tert-alkyl or cyclic N) is 1. The van der Waals surface area contributed by atoms with Crippen LogP contribution in [0.1, 0.15) is 119 Å². The molecule has 2 aromatic heterocycles. The van der Waals surface area contributed by atoms with Crippen LogP contribution in [0.5, 0.6) is 5.75 Å². The molecule has 0 unspecified atom stereocenters. The van der Waals surface area contributed by atoms with Gasteiger partial charge in [0.2, 0.25) is 11.8 Å². The quantitative estimate of drug-likeness (QED) is 0.0986. The number of hydrogen-bond acceptors (Lipinski definition) is 11. The fraction of sp³-hybridized carbons (Fsp3) is 0.415. The van der Waals surface area contributed by atoms with Crippen LogP contribution in [-0.4, -0.2) is 89.7 Å². The van der Waals surface area contributed by atoms with E-state index < -0.39 is 57.6 Å². The molecule has 8 rings (SSSR count). The van der Waals surface area contributed by atoms with Crippen molar-refractivity contribution in [3.8, 4) is 34.1 Å². The van der Waals surface area contributed by atoms with Gasteiger partial charge >= 0.3 is 0 Å². The second-order valence-corrected chi connectivity index (χ2v) is 22.0. The number of thiazole rings is 1. The summed E-state index contributed by atoms with van der Waals surface area (Å²) >= 11 is 7.85. The van der Waals surface area contributed by atoms with Gasteiger partial charge in [0, 0.05) is 66.5 Å². The van der Waals surface area contributed by atoms with Gasteiger partial charge in [-0.3, -0.25) is 24.1 Å². The zero-order valence-corrected chi connectivity index (χ0v) is 42.1. The number of ether oxygens (including phenoxy) is 1. The predicted molar refractivity (Wildman–Crippen MR) is 264 cm³/mol. The molecule has 3 N–H and O–H groups in total. The highest BCUT2D eigenvalue weighted by molar-refractivity contribution is 7.13. The van der Waals surface area contributed by atoms with Crippen molar-refractivity contribution >= 4 is 46.4 Å². The number of carbonyl (C=O) groups excluding carboxylic acids is 4. The van der Waals surface area contributed by atoms with Crippen LogP contribution < -0.4 is 15.5 Å². The Morgan fingerprint density at radius 1 is 1.03 bits per heavy atom. The summed E-state index contributed by atoms with van der Waals surface area (Å²) in [7, 11) is 0. The van der Waals surface area contributed by atoms with Crippen molar-refractivity contribution in [2.45, 2.75) is 118 Å². The summed E-state index contributed by atoms with van der Waals surface area (Å²) in [5.74, 6) is 4.68. The maximum atomic E-state index is 15.4. The number of nitrogens with two attached hydrogens (primary N) is 1. The lowest BCUT2D eigenvalue weighted by Gasteiger charge is -2.65. The van der Waals surface area contributed by atoms with Crippen molar-refractivity contribution in [2.75, 3.05) is 11.6 Å². The van der Waals surface area contributed by atoms with E-state index in [4.69, 9.17) is 22.1 Å². The average Bonchev–Trinajstić information content (AvgIpc) is 4.08. The number of carbonyl (C=O) groups is 4. The van der Waals surface area contributed by atoms with Gasteiger partial charge in [-0.25, -0.2) is 9.99 Å². The molecule has 3 aromatic carbocycles. The number of nitrogens with zero attached hydrogens (tertiary/aromatic N) is 7. The van der Waals surface area contributed by atoms with Gasteiger partial charge in [-0.05, 0) is 78.3 Å². The summed E-state index contributed by atoms with van der Waals surface area (Å²) in [5, 5.41) is 26.7. The van der Waals surface area contributed by atoms with Crippen molar-refractivity contribution < 1.29 is 29.0 Å². The molecule has 5 aromatic rings. The number of aliphatic hydroxyl groups excluding tert-OH is 1. The number of hydrogen-bond donors (Lipinski definition) is 2. The van der Waals surface area contributed by atoms with Crippen molar-refractivity contribution in [1.29, 1.82) is 5.26 Å². The van der Waals surface area contributed by atoms with E-state index in [2.05, 4.69) is 55.7 Å². The first kappa shape index (κ1) is 49.1. The fourth-order valence-corrected chi connectivity index (χ4v) is 12.5. The number of aryl methyl sites for hydroxylation is 1. The van der Waals surface area contributed by atoms with Crippen LogP contribution in [0.25, 0.3) is 10.4 Å². The Hall–Kier alpha value is -6.36. The Morgan fingerprint density at radius 2 is 1.72 bits per heavy atom. The van der Waals surface area contributed by atoms with Crippen LogP contribution in [-0.2, 0) is 20.9 Å². The number of likely N-dealkylation sites (tertiary alicyclic amines) is 1. The first-order chi connectivity index (χ1) is 32.4. The molecule has 4 heterocycles. The molecule has 2 fully saturated rings. The molecule has 358 valence electrons. The molecule has 0 radical (unpaired) electrons. The number of amides is 3. The van der Waals surface area contributed by atoms with Gasteiger partial charge < -0.3 is 20.5 Å². The van der Waals surface area contributed by atoms with E-state index in [1.54, 1.807) is 85.1 Å². The minimum absolute atomic E-state index is 0.00192. The number of Topliss-reactive ketones (excluding diaryl/α,β-unsaturated/α-hetero) is 1. The number of benzene rings is 3. The molecule has 1 saturated heterocycles. The summed E-state index contributed by atoms with van der Waals surface area (Å²) < 4.78 is 6.48. The molecule has 14 nitrogen and oxygen atoms in total. The monoisotopic (exact) mass is 968 g/mol. The maximum Gasteiger partial charge on any atom is 0.254 e. The highest BCUT2D eigenvalue weighted by atomic mass is 35.5. The molecule has 0 bridgehead atoms. The topological polar surface area (TPSA) is 188 Å². The first-order valence-electron chi connectivity index (χ1n) is 22.9. The van der Waals surface area contributed by atoms with Gasteiger partial charge in [0.25, 0.3) is 5.91 Å². The number of nitriles is 1. The Labute approximate surface area is 412 Å². The Balaban J connectivity index is 1.02. The van der Waals surface area contributed by atoms with Gasteiger partial charge in [-0.1, -0.05) is 90.3 Å². The molecule has 4 atom stereocenters. The van der Waals surface area contributed by atoms with E-state index in [0.717, 1.165) is 27.3 Å². The van der Waals surface area contributed by atoms with Gasteiger partial charge in [-0.15, -0.1) is 16.4 Å². The molecule has 1 aliphatic carbocycles. The smallest absolute Gasteiger partial charge is 0.254 e. The van der Waals surface area contributed by atoms with Crippen LogP contribution in [0.15, 0.2) is 78.4 Å². The lowest BCUT2D eigenvalue weighted by molar-refractivity contribution is -0.199. The number of aliphatic hydroxyl groups is 1. The van der Waals surface area contributed by atoms with Crippen LogP contribution in [0.4, 0.5) is 0 Å². The molecule has 3 aliphatic rings. The van der Waals surface area contributed by atoms with Crippen molar-refractivity contribution in [3.63, 3.8) is 0 Å². The van der Waals surface area contributed by atoms with E-state index in [0.29, 0.717) is 39.7 Å². The Morgan fingerprint density at radius 3 is 2.32 bits per heavy atom. The number of primary amides is 1. The highest BCUT2D eigenvalue weighted by Gasteiger charge is 2.67. The summed E-state index contributed by atoms with van der Waals surface area (Å²) in [4.78, 5) is 67.2. The van der Waals surface area contributed by atoms with Gasteiger partial charge in [0.15, 0.2) is 11.3 Å². The third kappa shape index (κ3) is 8.50. The summed E-state index contributed by atoms with van der Waals surface area (Å²) in [5.41, 5.74) is 9.74. The molecule has 16 heteroatoms. The molecule has 1 saturated carbocycles. The average molecular weight is 970 g/mol. The molecule has 69 heavy (non-hydrogen) atoms. The highest BCUT2D eigenvalue weighted by Crippen LogP contribution is 2.59. The van der Waals surface area contributed by atoms with E-state index in [9.17, 15) is 24.8 Å². The summed E-state index contributed by atoms with van der Waals surface area (Å²) in [6.45, 7) is 19.3. The third-order valence-corrected chi connectivity index (χ3v) is 15.5. The molecule has 3 amide bonds. The normalized spacial score (nSPS) is 22.4. The zero-order chi connectivity index (χ0) is 50.1. The van der Waals surface area contributed by atoms with Crippen LogP contribution in [0.3, 0.4) is 0 Å². The van der Waals surface area contributed by atoms with Crippen molar-refractivity contribution in [1.82, 2.24) is 24.7 Å². The Bertz CT molecular complexity index is 2970. The summed E-state index contributed by atoms with van der Waals surface area (Å²) in [6.07, 6.45) is -0.00674. The standard InChI is InChI=1S/C53H57ClN8O6S/c1-30-43(69-29-57-30)35-15-13-34(14-16-35)31(2)60-28-39(64)25-53(60,49(56)67)45(65)44(50(4,5)6)62(32(3)63)61-22-21-38(58-61)18-11-33-12-20-41-37(23-33)27-59(46(41)66)47-51(7,8)48(52(47,9)10)68-40-19-17-36(26-55)42(54)24-40/h12-17,19-24,29,31,39,44,47-48,64H,25,27-28H2,1-10H3,(H2,56,67)/t31-,39-,44+,47?,48?,53-/m0/s1. The lowest BCUT2D eigenvalue weighted by atomic mass is 9.49. The van der Waals surface area contributed by atoms with Gasteiger partial charge in [0.1, 0.15) is 29.7 Å². The molecular weight excluding hydrogens is 912 g/mol. The largest absolute Gasteiger partial charge is 0.489 e. The fourth-order valence-electron chi connectivity index (χ4n) is 11.5. The second kappa shape index (κ2) is 17.9. The van der Waals surface area contributed by atoms with E-state index in [-0.39, 0.29) is 31.0 Å². The van der Waals surface area contributed by atoms with Crippen LogP contribution >= 0.6 is 22.9 Å². The predicted octanol–water partition coefficient (Wildman–Crippen LogP) is 7.60. The molecular formula is C53H57ClN8O6S. The first-order valence-corrected chi connectivity index (χ1v) is 24.1. The van der Waals surface area contributed by atoms with Gasteiger partial charge in [-0.2, -0.15) is 10.1 Å². The van der Waals surface area contributed by atoms with Crippen LogP contribution in [0.2, 0.25) is 5.02 Å². The van der Waals surface area contributed by atoms with Gasteiger partial charge in [0.05, 0.1) is 39.0 Å². The second-order valence-electron chi connectivity index (χ2n) is 20.8.